The standard InChI is InChI=1S/C16H34N2/c1-4-5-6-7-8-9-11-18-12-10-17-14-16(18)13-15(2)3/h15-17H,4-14H2,1-3H3. The summed E-state index contributed by atoms with van der Waals surface area (Å²) in [6.45, 7) is 11.9. The molecule has 0 bridgehead atoms. The summed E-state index contributed by atoms with van der Waals surface area (Å²) < 4.78 is 0. The number of hydrogen-bond acceptors (Lipinski definition) is 2. The molecule has 1 aliphatic heterocycles. The van der Waals surface area contributed by atoms with E-state index in [4.69, 9.17) is 0 Å². The highest BCUT2D eigenvalue weighted by molar-refractivity contribution is 4.80. The maximum absolute atomic E-state index is 3.55. The van der Waals surface area contributed by atoms with E-state index in [0.29, 0.717) is 0 Å². The maximum Gasteiger partial charge on any atom is 0.0223 e. The zero-order valence-electron chi connectivity index (χ0n) is 12.9. The Hall–Kier alpha value is -0.0800. The number of nitrogens with one attached hydrogen (secondary N) is 1. The second-order valence-corrected chi connectivity index (χ2v) is 6.29. The summed E-state index contributed by atoms with van der Waals surface area (Å²) in [5.41, 5.74) is 0. The van der Waals surface area contributed by atoms with Gasteiger partial charge >= 0.3 is 0 Å². The zero-order valence-corrected chi connectivity index (χ0v) is 12.9. The van der Waals surface area contributed by atoms with Crippen LogP contribution in [0.25, 0.3) is 0 Å². The Morgan fingerprint density at radius 2 is 1.83 bits per heavy atom. The van der Waals surface area contributed by atoms with Gasteiger partial charge in [-0.1, -0.05) is 52.9 Å². The molecule has 1 aliphatic rings. The molecule has 0 aromatic rings. The number of nitrogens with zero attached hydrogens (tertiary/aromatic N) is 1. The van der Waals surface area contributed by atoms with Gasteiger partial charge in [0.1, 0.15) is 0 Å². The van der Waals surface area contributed by atoms with Crippen LogP contribution in [-0.2, 0) is 0 Å². The van der Waals surface area contributed by atoms with Gasteiger partial charge in [-0.3, -0.25) is 4.90 Å². The fourth-order valence-corrected chi connectivity index (χ4v) is 2.97. The molecule has 0 aromatic carbocycles. The molecule has 0 amide bonds. The van der Waals surface area contributed by atoms with Gasteiger partial charge in [-0.05, 0) is 25.3 Å². The van der Waals surface area contributed by atoms with Crippen LogP contribution in [-0.4, -0.2) is 37.1 Å². The molecule has 1 N–H and O–H groups in total. The van der Waals surface area contributed by atoms with Crippen LogP contribution < -0.4 is 5.32 Å². The first-order valence-electron chi connectivity index (χ1n) is 8.18. The first-order valence-corrected chi connectivity index (χ1v) is 8.18. The molecule has 0 radical (unpaired) electrons. The molecule has 2 nitrogen and oxygen atoms in total. The molecule has 0 saturated carbocycles. The average molecular weight is 254 g/mol. The Morgan fingerprint density at radius 1 is 1.11 bits per heavy atom. The second kappa shape index (κ2) is 9.80. The lowest BCUT2D eigenvalue weighted by Gasteiger charge is -2.37. The molecule has 2 heteroatoms. The summed E-state index contributed by atoms with van der Waals surface area (Å²) in [4.78, 5) is 2.73. The van der Waals surface area contributed by atoms with Crippen molar-refractivity contribution in [2.24, 2.45) is 5.92 Å². The van der Waals surface area contributed by atoms with Crippen molar-refractivity contribution in [3.63, 3.8) is 0 Å². The average Bonchev–Trinajstić information content (AvgIpc) is 2.35. The minimum atomic E-state index is 0.786. The molecule has 1 saturated heterocycles. The molecular weight excluding hydrogens is 220 g/mol. The lowest BCUT2D eigenvalue weighted by Crippen LogP contribution is -2.51. The van der Waals surface area contributed by atoms with Crippen molar-refractivity contribution in [1.29, 1.82) is 0 Å². The second-order valence-electron chi connectivity index (χ2n) is 6.29. The lowest BCUT2D eigenvalue weighted by atomic mass is 10.0. The van der Waals surface area contributed by atoms with Crippen LogP contribution in [0.1, 0.15) is 65.7 Å². The summed E-state index contributed by atoms with van der Waals surface area (Å²) in [6, 6.07) is 0.786. The first kappa shape index (κ1) is 16.0. The summed E-state index contributed by atoms with van der Waals surface area (Å²) in [5, 5.41) is 3.55. The van der Waals surface area contributed by atoms with Crippen molar-refractivity contribution in [2.75, 3.05) is 26.2 Å². The van der Waals surface area contributed by atoms with Crippen LogP contribution in [0.15, 0.2) is 0 Å². The predicted octanol–water partition coefficient (Wildman–Crippen LogP) is 3.67. The fourth-order valence-electron chi connectivity index (χ4n) is 2.97. The summed E-state index contributed by atoms with van der Waals surface area (Å²) in [6.07, 6.45) is 9.83. The van der Waals surface area contributed by atoms with Gasteiger partial charge in [0.05, 0.1) is 0 Å². The fraction of sp³-hybridized carbons (Fsp3) is 1.00. The third-order valence-corrected chi connectivity index (χ3v) is 4.01. The monoisotopic (exact) mass is 254 g/mol. The topological polar surface area (TPSA) is 15.3 Å². The van der Waals surface area contributed by atoms with E-state index in [1.165, 1.54) is 71.1 Å². The Labute approximate surface area is 115 Å². The molecule has 18 heavy (non-hydrogen) atoms. The van der Waals surface area contributed by atoms with E-state index >= 15 is 0 Å². The molecule has 1 fully saturated rings. The highest BCUT2D eigenvalue weighted by Gasteiger charge is 2.21. The van der Waals surface area contributed by atoms with E-state index in [-0.39, 0.29) is 0 Å². The van der Waals surface area contributed by atoms with Crippen molar-refractivity contribution in [3.8, 4) is 0 Å². The summed E-state index contributed by atoms with van der Waals surface area (Å²) in [5.74, 6) is 0.821. The Balaban J connectivity index is 2.13. The molecule has 1 rings (SSSR count). The van der Waals surface area contributed by atoms with Crippen LogP contribution in [0.2, 0.25) is 0 Å². The first-order chi connectivity index (χ1) is 8.74. The molecule has 1 atom stereocenters. The largest absolute Gasteiger partial charge is 0.314 e. The molecular formula is C16H34N2. The number of unbranched alkanes of at least 4 members (excludes halogenated alkanes) is 5. The van der Waals surface area contributed by atoms with Crippen molar-refractivity contribution in [2.45, 2.75) is 71.8 Å². The van der Waals surface area contributed by atoms with Gasteiger partial charge in [-0.15, -0.1) is 0 Å². The Bertz CT molecular complexity index is 192. The smallest absolute Gasteiger partial charge is 0.0223 e. The Morgan fingerprint density at radius 3 is 2.56 bits per heavy atom. The normalized spacial score (nSPS) is 21.7. The van der Waals surface area contributed by atoms with Crippen LogP contribution in [0.5, 0.6) is 0 Å². The molecule has 0 aliphatic carbocycles. The maximum atomic E-state index is 3.55. The van der Waals surface area contributed by atoms with E-state index in [0.717, 1.165) is 12.0 Å². The lowest BCUT2D eigenvalue weighted by molar-refractivity contribution is 0.139. The van der Waals surface area contributed by atoms with Crippen molar-refractivity contribution >= 4 is 0 Å². The molecule has 1 unspecified atom stereocenters. The molecule has 1 heterocycles. The van der Waals surface area contributed by atoms with Crippen LogP contribution in [0.4, 0.5) is 0 Å². The minimum absolute atomic E-state index is 0.786. The van der Waals surface area contributed by atoms with E-state index in [9.17, 15) is 0 Å². The molecule has 0 aromatic heterocycles. The van der Waals surface area contributed by atoms with Crippen LogP contribution >= 0.6 is 0 Å². The van der Waals surface area contributed by atoms with E-state index in [1.807, 2.05) is 0 Å². The summed E-state index contributed by atoms with van der Waals surface area (Å²) in [7, 11) is 0. The van der Waals surface area contributed by atoms with Gasteiger partial charge in [0.15, 0.2) is 0 Å². The van der Waals surface area contributed by atoms with Crippen molar-refractivity contribution in [3.05, 3.63) is 0 Å². The summed E-state index contributed by atoms with van der Waals surface area (Å²) >= 11 is 0. The number of rotatable bonds is 9. The van der Waals surface area contributed by atoms with Crippen molar-refractivity contribution in [1.82, 2.24) is 10.2 Å². The SMILES string of the molecule is CCCCCCCCN1CCNCC1CC(C)C. The third kappa shape index (κ3) is 6.75. The van der Waals surface area contributed by atoms with Crippen LogP contribution in [0, 0.1) is 5.92 Å². The van der Waals surface area contributed by atoms with E-state index in [2.05, 4.69) is 31.0 Å². The van der Waals surface area contributed by atoms with E-state index in [1.54, 1.807) is 0 Å². The van der Waals surface area contributed by atoms with Gasteiger partial charge < -0.3 is 5.32 Å². The predicted molar refractivity (Wildman–Crippen MR) is 81.1 cm³/mol. The highest BCUT2D eigenvalue weighted by Crippen LogP contribution is 2.15. The van der Waals surface area contributed by atoms with Gasteiger partial charge in [0.25, 0.3) is 0 Å². The van der Waals surface area contributed by atoms with Gasteiger partial charge in [0, 0.05) is 25.7 Å². The van der Waals surface area contributed by atoms with E-state index < -0.39 is 0 Å². The number of piperazine rings is 1. The molecule has 0 spiro atoms. The van der Waals surface area contributed by atoms with Gasteiger partial charge in [0.2, 0.25) is 0 Å². The molecule has 108 valence electrons. The van der Waals surface area contributed by atoms with Crippen LogP contribution in [0.3, 0.4) is 0 Å². The minimum Gasteiger partial charge on any atom is -0.314 e. The highest BCUT2D eigenvalue weighted by atomic mass is 15.2. The number of hydrogen-bond donors (Lipinski definition) is 1. The Kier molecular flexibility index (Phi) is 8.70. The zero-order chi connectivity index (χ0) is 13.2. The third-order valence-electron chi connectivity index (χ3n) is 4.01. The van der Waals surface area contributed by atoms with Gasteiger partial charge in [-0.25, -0.2) is 0 Å². The van der Waals surface area contributed by atoms with Gasteiger partial charge in [-0.2, -0.15) is 0 Å². The van der Waals surface area contributed by atoms with Crippen molar-refractivity contribution < 1.29 is 0 Å². The quantitative estimate of drug-likeness (QED) is 0.632.